The number of aromatic nitrogens is 4. The van der Waals surface area contributed by atoms with Crippen LogP contribution in [-0.2, 0) is 4.79 Å². The fourth-order valence-electron chi connectivity index (χ4n) is 1.91. The molecule has 96 valence electrons. The maximum absolute atomic E-state index is 11.1. The van der Waals surface area contributed by atoms with Crippen molar-refractivity contribution in [3.05, 3.63) is 46.6 Å². The number of rotatable bonds is 2. The van der Waals surface area contributed by atoms with E-state index in [0.717, 1.165) is 5.56 Å². The number of allylic oxidation sites excluding steroid dienone is 1. The molecular weight excluding hydrogens is 270 g/mol. The van der Waals surface area contributed by atoms with Crippen molar-refractivity contribution in [3.63, 3.8) is 0 Å². The monoisotopic (exact) mass is 277 g/mol. The van der Waals surface area contributed by atoms with Gasteiger partial charge in [-0.25, -0.2) is 4.79 Å². The average molecular weight is 278 g/mol. The third kappa shape index (κ3) is 2.04. The van der Waals surface area contributed by atoms with Gasteiger partial charge in [-0.05, 0) is 34.2 Å². The molecular formula is C11H8ClN5O2. The zero-order chi connectivity index (χ0) is 13.4. The molecule has 1 aliphatic heterocycles. The van der Waals surface area contributed by atoms with Crippen molar-refractivity contribution in [2.24, 2.45) is 0 Å². The molecule has 8 heteroatoms. The Morgan fingerprint density at radius 1 is 1.47 bits per heavy atom. The molecule has 0 radical (unpaired) electrons. The van der Waals surface area contributed by atoms with E-state index in [4.69, 9.17) is 16.7 Å². The lowest BCUT2D eigenvalue weighted by atomic mass is 10.0. The molecule has 1 aliphatic rings. The molecule has 1 atom stereocenters. The molecule has 19 heavy (non-hydrogen) atoms. The van der Waals surface area contributed by atoms with Crippen LogP contribution in [0.15, 0.2) is 36.0 Å². The zero-order valence-electron chi connectivity index (χ0n) is 9.49. The predicted octanol–water partition coefficient (Wildman–Crippen LogP) is 1.31. The maximum Gasteiger partial charge on any atom is 0.352 e. The predicted molar refractivity (Wildman–Crippen MR) is 66.7 cm³/mol. The number of carboxylic acid groups (broad SMARTS) is 1. The number of tetrazole rings is 1. The largest absolute Gasteiger partial charge is 0.477 e. The summed E-state index contributed by atoms with van der Waals surface area (Å²) in [5, 5.41) is 23.4. The van der Waals surface area contributed by atoms with Crippen molar-refractivity contribution in [1.29, 1.82) is 0 Å². The molecule has 3 rings (SSSR count). The van der Waals surface area contributed by atoms with Gasteiger partial charge in [0.2, 0.25) is 5.95 Å². The van der Waals surface area contributed by atoms with Crippen molar-refractivity contribution >= 4 is 23.5 Å². The number of anilines is 1. The van der Waals surface area contributed by atoms with E-state index in [1.165, 1.54) is 10.8 Å². The minimum absolute atomic E-state index is 0.0345. The van der Waals surface area contributed by atoms with Crippen LogP contribution in [0, 0.1) is 0 Å². The smallest absolute Gasteiger partial charge is 0.352 e. The topological polar surface area (TPSA) is 92.9 Å². The van der Waals surface area contributed by atoms with E-state index in [1.54, 1.807) is 18.2 Å². The number of benzene rings is 1. The number of carboxylic acids is 1. The van der Waals surface area contributed by atoms with E-state index in [2.05, 4.69) is 20.8 Å². The minimum atomic E-state index is -1.07. The van der Waals surface area contributed by atoms with Crippen LogP contribution in [0.4, 0.5) is 5.95 Å². The summed E-state index contributed by atoms with van der Waals surface area (Å²) in [6.45, 7) is 0. The molecule has 0 spiro atoms. The van der Waals surface area contributed by atoms with Gasteiger partial charge >= 0.3 is 5.97 Å². The van der Waals surface area contributed by atoms with Gasteiger partial charge in [0.1, 0.15) is 11.7 Å². The molecule has 2 aromatic rings. The molecule has 7 nitrogen and oxygen atoms in total. The molecule has 2 N–H and O–H groups in total. The van der Waals surface area contributed by atoms with Crippen molar-refractivity contribution in [2.75, 3.05) is 5.32 Å². The SMILES string of the molecule is O=C(O)C1=C[C@H](c2cccc(Cl)c2)n2nnnc2N1. The summed E-state index contributed by atoms with van der Waals surface area (Å²) >= 11 is 5.95. The molecule has 0 saturated heterocycles. The van der Waals surface area contributed by atoms with Crippen LogP contribution < -0.4 is 5.32 Å². The average Bonchev–Trinajstić information content (AvgIpc) is 2.85. The number of halogens is 1. The molecule has 0 fully saturated rings. The summed E-state index contributed by atoms with van der Waals surface area (Å²) in [5.74, 6) is -0.786. The summed E-state index contributed by atoms with van der Waals surface area (Å²) in [7, 11) is 0. The number of hydrogen-bond acceptors (Lipinski definition) is 5. The molecule has 0 bridgehead atoms. The van der Waals surface area contributed by atoms with Crippen LogP contribution >= 0.6 is 11.6 Å². The second-order valence-electron chi connectivity index (χ2n) is 3.96. The first-order valence-corrected chi connectivity index (χ1v) is 5.78. The highest BCUT2D eigenvalue weighted by Crippen LogP contribution is 2.28. The van der Waals surface area contributed by atoms with E-state index in [1.807, 2.05) is 6.07 Å². The number of fused-ring (bicyclic) bond motifs is 1. The van der Waals surface area contributed by atoms with E-state index >= 15 is 0 Å². The van der Waals surface area contributed by atoms with Gasteiger partial charge in [0.15, 0.2) is 0 Å². The van der Waals surface area contributed by atoms with Gasteiger partial charge in [0, 0.05) is 5.02 Å². The third-order valence-electron chi connectivity index (χ3n) is 2.75. The number of aliphatic carboxylic acids is 1. The Balaban J connectivity index is 2.11. The Hall–Kier alpha value is -2.41. The van der Waals surface area contributed by atoms with E-state index in [-0.39, 0.29) is 11.6 Å². The fraction of sp³-hybridized carbons (Fsp3) is 0.0909. The first-order chi connectivity index (χ1) is 9.15. The van der Waals surface area contributed by atoms with Gasteiger partial charge in [0.05, 0.1) is 0 Å². The van der Waals surface area contributed by atoms with Crippen LogP contribution in [0.25, 0.3) is 0 Å². The zero-order valence-corrected chi connectivity index (χ0v) is 10.2. The Morgan fingerprint density at radius 2 is 2.32 bits per heavy atom. The number of carbonyl (C=O) groups is 1. The lowest BCUT2D eigenvalue weighted by Gasteiger charge is -2.21. The van der Waals surface area contributed by atoms with Gasteiger partial charge < -0.3 is 10.4 Å². The number of hydrogen-bond donors (Lipinski definition) is 2. The Bertz CT molecular complexity index is 681. The highest BCUT2D eigenvalue weighted by molar-refractivity contribution is 6.30. The van der Waals surface area contributed by atoms with Crippen molar-refractivity contribution in [2.45, 2.75) is 6.04 Å². The molecule has 1 aromatic heterocycles. The summed E-state index contributed by atoms with van der Waals surface area (Å²) in [6.07, 6.45) is 1.54. The van der Waals surface area contributed by atoms with Gasteiger partial charge in [-0.1, -0.05) is 28.8 Å². The van der Waals surface area contributed by atoms with Crippen LogP contribution in [0.3, 0.4) is 0 Å². The lowest BCUT2D eigenvalue weighted by molar-refractivity contribution is -0.132. The Labute approximate surface area is 112 Å². The molecule has 0 aliphatic carbocycles. The molecule has 2 heterocycles. The van der Waals surface area contributed by atoms with Gasteiger partial charge in [0.25, 0.3) is 0 Å². The van der Waals surface area contributed by atoms with Crippen molar-refractivity contribution < 1.29 is 9.90 Å². The molecule has 0 amide bonds. The number of nitrogens with zero attached hydrogens (tertiary/aromatic N) is 4. The summed E-state index contributed by atoms with van der Waals surface area (Å²) < 4.78 is 1.50. The first-order valence-electron chi connectivity index (χ1n) is 5.40. The summed E-state index contributed by atoms with van der Waals surface area (Å²) in [5.41, 5.74) is 0.841. The van der Waals surface area contributed by atoms with Gasteiger partial charge in [-0.15, -0.1) is 0 Å². The van der Waals surface area contributed by atoms with Crippen LogP contribution in [0.5, 0.6) is 0 Å². The van der Waals surface area contributed by atoms with Crippen molar-refractivity contribution in [1.82, 2.24) is 20.2 Å². The third-order valence-corrected chi connectivity index (χ3v) is 2.98. The molecule has 0 saturated carbocycles. The van der Waals surface area contributed by atoms with E-state index in [9.17, 15) is 4.79 Å². The quantitative estimate of drug-likeness (QED) is 0.860. The standard InChI is InChI=1S/C11H8ClN5O2/c12-7-3-1-2-6(4-7)9-5-8(10(18)19)13-11-14-15-16-17(9)11/h1-5,9H,(H,18,19)(H,13,14,16)/t9-/m1/s1. The van der Waals surface area contributed by atoms with E-state index < -0.39 is 12.0 Å². The van der Waals surface area contributed by atoms with Gasteiger partial charge in [-0.3, -0.25) is 0 Å². The number of nitrogens with one attached hydrogen (secondary N) is 1. The van der Waals surface area contributed by atoms with E-state index in [0.29, 0.717) is 5.02 Å². The molecule has 1 aromatic carbocycles. The second kappa shape index (κ2) is 4.36. The normalized spacial score (nSPS) is 17.3. The highest BCUT2D eigenvalue weighted by atomic mass is 35.5. The maximum atomic E-state index is 11.1. The molecule has 0 unspecified atom stereocenters. The highest BCUT2D eigenvalue weighted by Gasteiger charge is 2.26. The van der Waals surface area contributed by atoms with Crippen LogP contribution in [0.1, 0.15) is 11.6 Å². The Morgan fingerprint density at radius 3 is 3.05 bits per heavy atom. The lowest BCUT2D eigenvalue weighted by Crippen LogP contribution is -2.24. The van der Waals surface area contributed by atoms with Gasteiger partial charge in [-0.2, -0.15) is 4.68 Å². The second-order valence-corrected chi connectivity index (χ2v) is 4.39. The van der Waals surface area contributed by atoms with Crippen molar-refractivity contribution in [3.8, 4) is 0 Å². The van der Waals surface area contributed by atoms with Crippen LogP contribution in [0.2, 0.25) is 5.02 Å². The Kier molecular flexibility index (Phi) is 2.68. The first kappa shape index (κ1) is 11.7. The van der Waals surface area contributed by atoms with Crippen LogP contribution in [-0.4, -0.2) is 31.3 Å². The minimum Gasteiger partial charge on any atom is -0.477 e. The summed E-state index contributed by atoms with van der Waals surface area (Å²) in [4.78, 5) is 11.1. The summed E-state index contributed by atoms with van der Waals surface area (Å²) in [6, 6.07) is 6.71. The fourth-order valence-corrected chi connectivity index (χ4v) is 2.11.